The third-order valence-corrected chi connectivity index (χ3v) is 2.66. The van der Waals surface area contributed by atoms with Crippen LogP contribution in [0.2, 0.25) is 0 Å². The van der Waals surface area contributed by atoms with Crippen LogP contribution in [0.1, 0.15) is 0 Å². The van der Waals surface area contributed by atoms with Crippen molar-refractivity contribution < 1.29 is 23.2 Å². The minimum atomic E-state index is -4.53. The zero-order chi connectivity index (χ0) is 11.2. The first kappa shape index (κ1) is 9.68. The van der Waals surface area contributed by atoms with Crippen molar-refractivity contribution in [1.82, 2.24) is 15.4 Å². The molecule has 8 nitrogen and oxygen atoms in total. The SMILES string of the molecule is O=S(=O)(O)c1cc(O)c(O)c2n[nH]nc12. The first-order valence-electron chi connectivity index (χ1n) is 3.64. The van der Waals surface area contributed by atoms with Crippen LogP contribution in [0, 0.1) is 0 Å². The molecule has 0 fully saturated rings. The lowest BCUT2D eigenvalue weighted by atomic mass is 10.2. The van der Waals surface area contributed by atoms with Crippen LogP contribution in [-0.4, -0.2) is 38.6 Å². The van der Waals surface area contributed by atoms with Crippen molar-refractivity contribution in [3.8, 4) is 11.5 Å². The molecule has 0 radical (unpaired) electrons. The van der Waals surface area contributed by atoms with E-state index in [0.717, 1.165) is 0 Å². The molecule has 0 unspecified atom stereocenters. The molecule has 0 saturated carbocycles. The summed E-state index contributed by atoms with van der Waals surface area (Å²) in [6.07, 6.45) is 0. The number of aromatic hydroxyl groups is 2. The van der Waals surface area contributed by atoms with E-state index in [1.807, 2.05) is 0 Å². The van der Waals surface area contributed by atoms with Gasteiger partial charge in [0.1, 0.15) is 10.4 Å². The number of rotatable bonds is 1. The highest BCUT2D eigenvalue weighted by molar-refractivity contribution is 7.86. The van der Waals surface area contributed by atoms with E-state index in [4.69, 9.17) is 4.55 Å². The van der Waals surface area contributed by atoms with Gasteiger partial charge in [-0.15, -0.1) is 0 Å². The van der Waals surface area contributed by atoms with E-state index in [2.05, 4.69) is 15.4 Å². The molecule has 1 heterocycles. The van der Waals surface area contributed by atoms with Gasteiger partial charge in [0, 0.05) is 6.07 Å². The molecule has 0 aliphatic rings. The van der Waals surface area contributed by atoms with Crippen molar-refractivity contribution in [3.05, 3.63) is 6.07 Å². The summed E-state index contributed by atoms with van der Waals surface area (Å²) in [5, 5.41) is 27.4. The van der Waals surface area contributed by atoms with E-state index >= 15 is 0 Å². The molecule has 0 spiro atoms. The smallest absolute Gasteiger partial charge is 0.296 e. The van der Waals surface area contributed by atoms with E-state index in [0.29, 0.717) is 6.07 Å². The van der Waals surface area contributed by atoms with Crippen LogP contribution in [0.5, 0.6) is 11.5 Å². The Hall–Kier alpha value is -1.87. The monoisotopic (exact) mass is 231 g/mol. The second-order valence-corrected chi connectivity index (χ2v) is 4.13. The van der Waals surface area contributed by atoms with Crippen molar-refractivity contribution in [2.75, 3.05) is 0 Å². The average Bonchev–Trinajstić information content (AvgIpc) is 2.57. The van der Waals surface area contributed by atoms with Crippen molar-refractivity contribution >= 4 is 21.2 Å². The van der Waals surface area contributed by atoms with Crippen molar-refractivity contribution in [2.24, 2.45) is 0 Å². The molecule has 0 aliphatic carbocycles. The Balaban J connectivity index is 2.99. The second kappa shape index (κ2) is 2.81. The summed E-state index contributed by atoms with van der Waals surface area (Å²) < 4.78 is 30.6. The molecular weight excluding hydrogens is 226 g/mol. The third kappa shape index (κ3) is 1.37. The van der Waals surface area contributed by atoms with Gasteiger partial charge in [-0.3, -0.25) is 4.55 Å². The Morgan fingerprint density at radius 1 is 1.20 bits per heavy atom. The van der Waals surface area contributed by atoms with Crippen molar-refractivity contribution in [3.63, 3.8) is 0 Å². The standard InChI is InChI=1S/C6H5N3O5S/c10-2-1-3(15(12,13)14)4-5(6(2)11)8-9-7-4/h1,10-11H,(H,7,8,9)(H,12,13,14). The van der Waals surface area contributed by atoms with Gasteiger partial charge in [-0.1, -0.05) is 0 Å². The Bertz CT molecular complexity index is 631. The first-order chi connectivity index (χ1) is 6.91. The fourth-order valence-electron chi connectivity index (χ4n) is 1.15. The van der Waals surface area contributed by atoms with Crippen LogP contribution in [0.4, 0.5) is 0 Å². The van der Waals surface area contributed by atoms with Crippen LogP contribution in [0.3, 0.4) is 0 Å². The molecule has 4 N–H and O–H groups in total. The normalized spacial score (nSPS) is 12.1. The highest BCUT2D eigenvalue weighted by atomic mass is 32.2. The van der Waals surface area contributed by atoms with Gasteiger partial charge in [0.25, 0.3) is 10.1 Å². The molecule has 0 bridgehead atoms. The topological polar surface area (TPSA) is 136 Å². The summed E-state index contributed by atoms with van der Waals surface area (Å²) in [4.78, 5) is -0.624. The van der Waals surface area contributed by atoms with Crippen LogP contribution in [0.15, 0.2) is 11.0 Å². The summed E-state index contributed by atoms with van der Waals surface area (Å²) in [5.41, 5.74) is -0.476. The number of nitrogens with zero attached hydrogens (tertiary/aromatic N) is 2. The molecule has 0 amide bonds. The number of hydrogen-bond acceptors (Lipinski definition) is 6. The minimum Gasteiger partial charge on any atom is -0.504 e. The van der Waals surface area contributed by atoms with Gasteiger partial charge >= 0.3 is 0 Å². The molecule has 9 heteroatoms. The van der Waals surface area contributed by atoms with E-state index in [1.165, 1.54) is 0 Å². The molecule has 15 heavy (non-hydrogen) atoms. The third-order valence-electron chi connectivity index (χ3n) is 1.79. The maximum absolute atomic E-state index is 10.9. The average molecular weight is 231 g/mol. The highest BCUT2D eigenvalue weighted by Crippen LogP contribution is 2.35. The van der Waals surface area contributed by atoms with Gasteiger partial charge in [0.2, 0.25) is 0 Å². The number of aromatic nitrogens is 3. The highest BCUT2D eigenvalue weighted by Gasteiger charge is 2.22. The predicted molar refractivity (Wildman–Crippen MR) is 47.0 cm³/mol. The number of nitrogens with one attached hydrogen (secondary N) is 1. The van der Waals surface area contributed by atoms with Crippen molar-refractivity contribution in [1.29, 1.82) is 0 Å². The molecule has 0 saturated heterocycles. The van der Waals surface area contributed by atoms with Crippen LogP contribution in [0.25, 0.3) is 11.0 Å². The fourth-order valence-corrected chi connectivity index (χ4v) is 1.79. The molecule has 80 valence electrons. The lowest BCUT2D eigenvalue weighted by Gasteiger charge is -2.01. The Labute approximate surface area is 82.9 Å². The summed E-state index contributed by atoms with van der Waals surface area (Å²) in [6.45, 7) is 0. The number of H-pyrrole nitrogens is 1. The van der Waals surface area contributed by atoms with Crippen LogP contribution in [-0.2, 0) is 10.1 Å². The minimum absolute atomic E-state index is 0.234. The number of benzene rings is 1. The Morgan fingerprint density at radius 2 is 1.80 bits per heavy atom. The van der Waals surface area contributed by atoms with Crippen LogP contribution < -0.4 is 0 Å². The maximum Gasteiger partial charge on any atom is 0.296 e. The zero-order valence-electron chi connectivity index (χ0n) is 7.04. The maximum atomic E-state index is 10.9. The van der Waals surface area contributed by atoms with Gasteiger partial charge in [-0.05, 0) is 0 Å². The zero-order valence-corrected chi connectivity index (χ0v) is 7.85. The van der Waals surface area contributed by atoms with E-state index < -0.39 is 26.5 Å². The van der Waals surface area contributed by atoms with E-state index in [9.17, 15) is 18.6 Å². The van der Waals surface area contributed by atoms with E-state index in [1.54, 1.807) is 0 Å². The summed E-state index contributed by atoms with van der Waals surface area (Å²) in [6, 6.07) is 0.690. The molecule has 1 aromatic carbocycles. The Kier molecular flexibility index (Phi) is 1.81. The lowest BCUT2D eigenvalue weighted by Crippen LogP contribution is -1.99. The van der Waals surface area contributed by atoms with Crippen LogP contribution >= 0.6 is 0 Å². The molecule has 1 aromatic heterocycles. The largest absolute Gasteiger partial charge is 0.504 e. The van der Waals surface area contributed by atoms with Gasteiger partial charge in [-0.2, -0.15) is 23.8 Å². The Morgan fingerprint density at radius 3 is 2.40 bits per heavy atom. The molecular formula is C6H5N3O5S. The molecule has 0 aliphatic heterocycles. The lowest BCUT2D eigenvalue weighted by molar-refractivity contribution is 0.405. The molecule has 2 aromatic rings. The first-order valence-corrected chi connectivity index (χ1v) is 5.08. The second-order valence-electron chi connectivity index (χ2n) is 2.74. The number of fused-ring (bicyclic) bond motifs is 1. The van der Waals surface area contributed by atoms with Gasteiger partial charge in [0.15, 0.2) is 17.0 Å². The number of aromatic amines is 1. The van der Waals surface area contributed by atoms with Gasteiger partial charge in [0.05, 0.1) is 0 Å². The quantitative estimate of drug-likeness (QED) is 0.387. The van der Waals surface area contributed by atoms with E-state index in [-0.39, 0.29) is 11.0 Å². The number of phenolic OH excluding ortho intramolecular Hbond substituents is 2. The molecule has 2 rings (SSSR count). The number of phenols is 2. The van der Waals surface area contributed by atoms with Crippen molar-refractivity contribution in [2.45, 2.75) is 4.90 Å². The molecule has 0 atom stereocenters. The predicted octanol–water partition coefficient (Wildman–Crippen LogP) is -0.384. The van der Waals surface area contributed by atoms with Gasteiger partial charge < -0.3 is 10.2 Å². The summed E-state index contributed by atoms with van der Waals surface area (Å²) in [5.74, 6) is -1.31. The van der Waals surface area contributed by atoms with Gasteiger partial charge in [-0.25, -0.2) is 0 Å². The fraction of sp³-hybridized carbons (Fsp3) is 0. The summed E-state index contributed by atoms with van der Waals surface area (Å²) in [7, 11) is -4.53. The summed E-state index contributed by atoms with van der Waals surface area (Å²) >= 11 is 0. The number of hydrogen-bond donors (Lipinski definition) is 4.